The Labute approximate surface area is 186 Å². The Kier molecular flexibility index (Phi) is 12.5. The molecule has 0 aromatic heterocycles. The minimum Gasteiger partial charge on any atom is -0.466 e. The van der Waals surface area contributed by atoms with Crippen molar-refractivity contribution in [2.24, 2.45) is 16.8 Å². The van der Waals surface area contributed by atoms with E-state index in [-0.39, 0.29) is 47.7 Å². The number of nitrogens with one attached hydrogen (secondary N) is 2. The molecular formula is C20H37IN4O3. The number of guanidine groups is 1. The van der Waals surface area contributed by atoms with E-state index in [1.165, 1.54) is 6.42 Å². The van der Waals surface area contributed by atoms with Crippen LogP contribution in [0.4, 0.5) is 0 Å². The molecule has 0 aromatic carbocycles. The van der Waals surface area contributed by atoms with Gasteiger partial charge in [0.05, 0.1) is 19.1 Å². The highest BCUT2D eigenvalue weighted by atomic mass is 127. The highest BCUT2D eigenvalue weighted by Crippen LogP contribution is 2.23. The molecule has 2 aliphatic rings. The molecule has 1 aliphatic heterocycles. The molecule has 1 saturated heterocycles. The van der Waals surface area contributed by atoms with Gasteiger partial charge in [0.1, 0.15) is 0 Å². The molecule has 0 aromatic rings. The van der Waals surface area contributed by atoms with Crippen molar-refractivity contribution >= 4 is 41.8 Å². The van der Waals surface area contributed by atoms with Crippen molar-refractivity contribution < 1.29 is 14.3 Å². The van der Waals surface area contributed by atoms with Crippen LogP contribution in [0.2, 0.25) is 0 Å². The molecule has 8 heteroatoms. The number of halogens is 1. The Bertz CT molecular complexity index is 510. The molecule has 1 amide bonds. The third kappa shape index (κ3) is 8.13. The molecular weight excluding hydrogens is 471 g/mol. The number of piperidine rings is 1. The fourth-order valence-corrected chi connectivity index (χ4v) is 3.90. The number of carbonyl (C=O) groups is 2. The normalized spacial score (nSPS) is 20.9. The monoisotopic (exact) mass is 508 g/mol. The molecule has 1 heterocycles. The van der Waals surface area contributed by atoms with Gasteiger partial charge >= 0.3 is 5.97 Å². The molecule has 0 spiro atoms. The molecule has 28 heavy (non-hydrogen) atoms. The van der Waals surface area contributed by atoms with E-state index in [1.807, 2.05) is 13.8 Å². The average Bonchev–Trinajstić information content (AvgIpc) is 2.71. The van der Waals surface area contributed by atoms with Crippen LogP contribution < -0.4 is 10.6 Å². The number of nitrogens with zero attached hydrogens (tertiary/aromatic N) is 2. The summed E-state index contributed by atoms with van der Waals surface area (Å²) in [6, 6.07) is 0. The van der Waals surface area contributed by atoms with Crippen molar-refractivity contribution in [3.63, 3.8) is 0 Å². The SMILES string of the molecule is CCNC(=NCCNC(=O)C1CCCCC1)N1CCCC(C(=O)OCC)C1.I. The number of ether oxygens (including phenoxy) is 1. The molecule has 7 nitrogen and oxygen atoms in total. The predicted octanol–water partition coefficient (Wildman–Crippen LogP) is 2.54. The van der Waals surface area contributed by atoms with Crippen LogP contribution in [0.3, 0.4) is 0 Å². The summed E-state index contributed by atoms with van der Waals surface area (Å²) >= 11 is 0. The standard InChI is InChI=1S/C20H36N4O3.HI/c1-3-21-20(24-14-8-11-17(15-24)19(26)27-4-2)23-13-12-22-18(25)16-9-6-5-7-10-16;/h16-17H,3-15H2,1-2H3,(H,21,23)(H,22,25);1H. The van der Waals surface area contributed by atoms with Gasteiger partial charge in [-0.3, -0.25) is 14.6 Å². The van der Waals surface area contributed by atoms with Gasteiger partial charge in [-0.1, -0.05) is 19.3 Å². The van der Waals surface area contributed by atoms with Crippen molar-refractivity contribution in [3.8, 4) is 0 Å². The number of aliphatic imine (C=N–C) groups is 1. The first kappa shape index (κ1) is 25.0. The number of hydrogen-bond acceptors (Lipinski definition) is 4. The second kappa shape index (κ2) is 14.0. The molecule has 1 unspecified atom stereocenters. The Balaban J connectivity index is 0.00000392. The summed E-state index contributed by atoms with van der Waals surface area (Å²) < 4.78 is 5.18. The second-order valence-electron chi connectivity index (χ2n) is 7.40. The van der Waals surface area contributed by atoms with Gasteiger partial charge < -0.3 is 20.3 Å². The van der Waals surface area contributed by atoms with Crippen LogP contribution in [0.1, 0.15) is 58.8 Å². The van der Waals surface area contributed by atoms with E-state index in [0.29, 0.717) is 26.2 Å². The van der Waals surface area contributed by atoms with Crippen molar-refractivity contribution in [1.29, 1.82) is 0 Å². The van der Waals surface area contributed by atoms with Gasteiger partial charge in [-0.25, -0.2) is 0 Å². The molecule has 1 saturated carbocycles. The highest BCUT2D eigenvalue weighted by molar-refractivity contribution is 14.0. The van der Waals surface area contributed by atoms with Crippen molar-refractivity contribution in [2.75, 3.05) is 39.3 Å². The lowest BCUT2D eigenvalue weighted by molar-refractivity contribution is -0.149. The summed E-state index contributed by atoms with van der Waals surface area (Å²) in [6.07, 6.45) is 7.43. The molecule has 0 bridgehead atoms. The van der Waals surface area contributed by atoms with Gasteiger partial charge in [-0.05, 0) is 39.5 Å². The zero-order valence-corrected chi connectivity index (χ0v) is 19.7. The minimum atomic E-state index is -0.113. The van der Waals surface area contributed by atoms with Gasteiger partial charge in [0.25, 0.3) is 0 Å². The van der Waals surface area contributed by atoms with Crippen molar-refractivity contribution in [3.05, 3.63) is 0 Å². The van der Waals surface area contributed by atoms with Gasteiger partial charge in [0.15, 0.2) is 5.96 Å². The lowest BCUT2D eigenvalue weighted by atomic mass is 9.89. The van der Waals surface area contributed by atoms with E-state index in [9.17, 15) is 9.59 Å². The highest BCUT2D eigenvalue weighted by Gasteiger charge is 2.28. The van der Waals surface area contributed by atoms with E-state index in [2.05, 4.69) is 20.5 Å². The first-order valence-corrected chi connectivity index (χ1v) is 10.6. The van der Waals surface area contributed by atoms with Crippen LogP contribution in [0.25, 0.3) is 0 Å². The van der Waals surface area contributed by atoms with E-state index >= 15 is 0 Å². The molecule has 2 fully saturated rings. The van der Waals surface area contributed by atoms with Crippen molar-refractivity contribution in [1.82, 2.24) is 15.5 Å². The minimum absolute atomic E-state index is 0. The third-order valence-corrected chi connectivity index (χ3v) is 5.32. The average molecular weight is 508 g/mol. The maximum Gasteiger partial charge on any atom is 0.310 e. The number of rotatable bonds is 7. The van der Waals surface area contributed by atoms with Crippen LogP contribution in [0, 0.1) is 11.8 Å². The van der Waals surface area contributed by atoms with E-state index < -0.39 is 0 Å². The number of esters is 1. The van der Waals surface area contributed by atoms with Gasteiger partial charge in [0, 0.05) is 32.1 Å². The van der Waals surface area contributed by atoms with Crippen LogP contribution in [0.15, 0.2) is 4.99 Å². The zero-order chi connectivity index (χ0) is 19.5. The lowest BCUT2D eigenvalue weighted by Gasteiger charge is -2.34. The number of carbonyl (C=O) groups excluding carboxylic acids is 2. The topological polar surface area (TPSA) is 83.0 Å². The second-order valence-corrected chi connectivity index (χ2v) is 7.40. The predicted molar refractivity (Wildman–Crippen MR) is 122 cm³/mol. The summed E-state index contributed by atoms with van der Waals surface area (Å²) in [5.74, 6) is 0.975. The summed E-state index contributed by atoms with van der Waals surface area (Å²) in [6.45, 7) is 7.69. The maximum atomic E-state index is 12.2. The van der Waals surface area contributed by atoms with E-state index in [4.69, 9.17) is 4.74 Å². The molecule has 2 rings (SSSR count). The van der Waals surface area contributed by atoms with Crippen LogP contribution in [-0.4, -0.2) is 62.1 Å². The number of amides is 1. The fraction of sp³-hybridized carbons (Fsp3) is 0.850. The fourth-order valence-electron chi connectivity index (χ4n) is 3.90. The summed E-state index contributed by atoms with van der Waals surface area (Å²) in [5.41, 5.74) is 0. The number of likely N-dealkylation sites (tertiary alicyclic amines) is 1. The van der Waals surface area contributed by atoms with Gasteiger partial charge in [-0.15, -0.1) is 24.0 Å². The van der Waals surface area contributed by atoms with Crippen molar-refractivity contribution in [2.45, 2.75) is 58.8 Å². The maximum absolute atomic E-state index is 12.2. The zero-order valence-electron chi connectivity index (χ0n) is 17.4. The summed E-state index contributed by atoms with van der Waals surface area (Å²) in [4.78, 5) is 31.1. The summed E-state index contributed by atoms with van der Waals surface area (Å²) in [5, 5.41) is 6.34. The molecule has 2 N–H and O–H groups in total. The van der Waals surface area contributed by atoms with Crippen LogP contribution >= 0.6 is 24.0 Å². The van der Waals surface area contributed by atoms with Crippen LogP contribution in [-0.2, 0) is 14.3 Å². The Morgan fingerprint density at radius 1 is 1.04 bits per heavy atom. The smallest absolute Gasteiger partial charge is 0.310 e. The lowest BCUT2D eigenvalue weighted by Crippen LogP contribution is -2.48. The third-order valence-electron chi connectivity index (χ3n) is 5.32. The van der Waals surface area contributed by atoms with Gasteiger partial charge in [-0.2, -0.15) is 0 Å². The first-order chi connectivity index (χ1) is 13.2. The van der Waals surface area contributed by atoms with Crippen LogP contribution in [0.5, 0.6) is 0 Å². The number of hydrogen-bond donors (Lipinski definition) is 2. The Morgan fingerprint density at radius 2 is 1.75 bits per heavy atom. The quantitative estimate of drug-likeness (QED) is 0.182. The van der Waals surface area contributed by atoms with E-state index in [1.54, 1.807) is 0 Å². The Morgan fingerprint density at radius 3 is 2.43 bits per heavy atom. The summed E-state index contributed by atoms with van der Waals surface area (Å²) in [7, 11) is 0. The largest absolute Gasteiger partial charge is 0.466 e. The first-order valence-electron chi connectivity index (χ1n) is 10.6. The Hall–Kier alpha value is -1.06. The molecule has 0 radical (unpaired) electrons. The van der Waals surface area contributed by atoms with E-state index in [0.717, 1.165) is 57.6 Å². The molecule has 1 atom stereocenters. The molecule has 1 aliphatic carbocycles. The molecule has 162 valence electrons. The van der Waals surface area contributed by atoms with Gasteiger partial charge in [0.2, 0.25) is 5.91 Å².